The number of imidazole rings is 1. The van der Waals surface area contributed by atoms with E-state index in [0.717, 1.165) is 5.69 Å². The van der Waals surface area contributed by atoms with Crippen LogP contribution >= 0.6 is 0 Å². The molecule has 0 bridgehead atoms. The quantitative estimate of drug-likeness (QED) is 0.750. The molecule has 0 radical (unpaired) electrons. The number of hydrogen-bond donors (Lipinski definition) is 2. The van der Waals surface area contributed by atoms with Crippen molar-refractivity contribution in [1.29, 1.82) is 0 Å². The molecule has 5 nitrogen and oxygen atoms in total. The van der Waals surface area contributed by atoms with Crippen molar-refractivity contribution in [3.63, 3.8) is 0 Å². The summed E-state index contributed by atoms with van der Waals surface area (Å²) in [5.74, 6) is 0.324. The van der Waals surface area contributed by atoms with Crippen LogP contribution in [0, 0.1) is 5.92 Å². The third-order valence-corrected chi connectivity index (χ3v) is 3.57. The third kappa shape index (κ3) is 4.94. The Morgan fingerprint density at radius 2 is 2.27 bits per heavy atom. The average molecular weight is 231 g/mol. The second-order valence-corrected chi connectivity index (χ2v) is 5.75. The second-order valence-electron chi connectivity index (χ2n) is 3.90. The van der Waals surface area contributed by atoms with Gasteiger partial charge in [0.05, 0.1) is 12.1 Å². The fraction of sp³-hybridized carbons (Fsp3) is 0.667. The molecule has 0 aliphatic rings. The highest BCUT2D eigenvalue weighted by molar-refractivity contribution is 7.89. The minimum Gasteiger partial charge on any atom is -0.348 e. The van der Waals surface area contributed by atoms with Gasteiger partial charge in [-0.3, -0.25) is 0 Å². The van der Waals surface area contributed by atoms with E-state index in [9.17, 15) is 8.42 Å². The summed E-state index contributed by atoms with van der Waals surface area (Å²) in [4.78, 5) is 6.77. The van der Waals surface area contributed by atoms with Gasteiger partial charge in [-0.05, 0) is 5.92 Å². The Morgan fingerprint density at radius 3 is 2.80 bits per heavy atom. The third-order valence-electron chi connectivity index (χ3n) is 1.82. The van der Waals surface area contributed by atoms with E-state index in [2.05, 4.69) is 14.7 Å². The Labute approximate surface area is 90.4 Å². The Morgan fingerprint density at radius 1 is 1.53 bits per heavy atom. The van der Waals surface area contributed by atoms with E-state index in [-0.39, 0.29) is 11.7 Å². The van der Waals surface area contributed by atoms with Crippen molar-refractivity contribution in [1.82, 2.24) is 14.7 Å². The molecule has 0 saturated carbocycles. The first-order chi connectivity index (χ1) is 6.99. The Kier molecular flexibility index (Phi) is 4.28. The molecule has 6 heteroatoms. The zero-order chi connectivity index (χ0) is 11.3. The van der Waals surface area contributed by atoms with Crippen LogP contribution in [0.5, 0.6) is 0 Å². The topological polar surface area (TPSA) is 74.8 Å². The Bertz CT molecular complexity index is 370. The highest BCUT2D eigenvalue weighted by atomic mass is 32.2. The fourth-order valence-corrected chi connectivity index (χ4v) is 2.67. The van der Waals surface area contributed by atoms with Crippen LogP contribution in [0.25, 0.3) is 0 Å². The normalized spacial score (nSPS) is 12.2. The summed E-state index contributed by atoms with van der Waals surface area (Å²) in [5, 5.41) is 0. The van der Waals surface area contributed by atoms with Crippen LogP contribution in [-0.2, 0) is 16.4 Å². The van der Waals surface area contributed by atoms with Crippen molar-refractivity contribution in [3.8, 4) is 0 Å². The van der Waals surface area contributed by atoms with E-state index in [1.54, 1.807) is 12.5 Å². The van der Waals surface area contributed by atoms with Gasteiger partial charge < -0.3 is 4.98 Å². The zero-order valence-electron chi connectivity index (χ0n) is 9.03. The minimum atomic E-state index is -3.12. The predicted octanol–water partition coefficient (Wildman–Crippen LogP) is 0.528. The first-order valence-electron chi connectivity index (χ1n) is 4.94. The van der Waals surface area contributed by atoms with Gasteiger partial charge in [0, 0.05) is 24.9 Å². The van der Waals surface area contributed by atoms with Gasteiger partial charge in [0.1, 0.15) is 0 Å². The Hall–Kier alpha value is -0.880. The van der Waals surface area contributed by atoms with Crippen LogP contribution in [-0.4, -0.2) is 30.7 Å². The minimum absolute atomic E-state index is 0.148. The summed E-state index contributed by atoms with van der Waals surface area (Å²) < 4.78 is 25.4. The molecule has 0 fully saturated rings. The van der Waals surface area contributed by atoms with Gasteiger partial charge in [-0.1, -0.05) is 13.8 Å². The predicted molar refractivity (Wildman–Crippen MR) is 58.9 cm³/mol. The summed E-state index contributed by atoms with van der Waals surface area (Å²) in [6, 6.07) is 0. The van der Waals surface area contributed by atoms with Crippen LogP contribution in [0.2, 0.25) is 0 Å². The number of aromatic amines is 1. The van der Waals surface area contributed by atoms with Gasteiger partial charge in [-0.2, -0.15) is 0 Å². The highest BCUT2D eigenvalue weighted by Crippen LogP contribution is 1.98. The van der Waals surface area contributed by atoms with Crippen molar-refractivity contribution < 1.29 is 8.42 Å². The summed E-state index contributed by atoms with van der Waals surface area (Å²) >= 11 is 0. The lowest BCUT2D eigenvalue weighted by Gasteiger charge is -2.07. The van der Waals surface area contributed by atoms with Crippen molar-refractivity contribution in [2.75, 3.05) is 12.3 Å². The van der Waals surface area contributed by atoms with E-state index in [1.807, 2.05) is 13.8 Å². The fourth-order valence-electron chi connectivity index (χ4n) is 1.26. The number of rotatable bonds is 6. The van der Waals surface area contributed by atoms with E-state index in [4.69, 9.17) is 0 Å². The number of nitrogens with zero attached hydrogens (tertiary/aromatic N) is 1. The molecule has 0 spiro atoms. The van der Waals surface area contributed by atoms with Crippen LogP contribution in [0.4, 0.5) is 0 Å². The van der Waals surface area contributed by atoms with Crippen molar-refractivity contribution in [2.45, 2.75) is 20.3 Å². The molecule has 15 heavy (non-hydrogen) atoms. The van der Waals surface area contributed by atoms with Gasteiger partial charge in [0.2, 0.25) is 10.0 Å². The number of H-pyrrole nitrogens is 1. The molecule has 1 aromatic heterocycles. The molecule has 1 heterocycles. The maximum Gasteiger partial charge on any atom is 0.211 e. The van der Waals surface area contributed by atoms with Crippen LogP contribution in [0.15, 0.2) is 12.5 Å². The van der Waals surface area contributed by atoms with E-state index >= 15 is 0 Å². The number of nitrogens with one attached hydrogen (secondary N) is 2. The second kappa shape index (κ2) is 5.27. The van der Waals surface area contributed by atoms with Gasteiger partial charge in [-0.15, -0.1) is 0 Å². The molecule has 0 aromatic carbocycles. The smallest absolute Gasteiger partial charge is 0.211 e. The van der Waals surface area contributed by atoms with E-state index in [1.165, 1.54) is 0 Å². The largest absolute Gasteiger partial charge is 0.348 e. The number of aromatic nitrogens is 2. The summed E-state index contributed by atoms with van der Waals surface area (Å²) in [7, 11) is -3.12. The van der Waals surface area contributed by atoms with Gasteiger partial charge >= 0.3 is 0 Å². The van der Waals surface area contributed by atoms with Crippen LogP contribution in [0.1, 0.15) is 19.5 Å². The number of hydrogen-bond acceptors (Lipinski definition) is 3. The van der Waals surface area contributed by atoms with Crippen molar-refractivity contribution in [2.24, 2.45) is 5.92 Å². The molecule has 1 rings (SSSR count). The molecular formula is C9H17N3O2S. The summed E-state index contributed by atoms with van der Waals surface area (Å²) in [6.45, 7) is 4.18. The molecule has 0 unspecified atom stereocenters. The first kappa shape index (κ1) is 12.2. The number of sulfonamides is 1. The van der Waals surface area contributed by atoms with Gasteiger partial charge in [0.15, 0.2) is 0 Å². The van der Waals surface area contributed by atoms with Gasteiger partial charge in [0.25, 0.3) is 0 Å². The molecule has 0 saturated heterocycles. The molecule has 86 valence electrons. The molecule has 0 amide bonds. The maximum atomic E-state index is 11.4. The lowest BCUT2D eigenvalue weighted by atomic mass is 10.3. The average Bonchev–Trinajstić information content (AvgIpc) is 2.53. The van der Waals surface area contributed by atoms with Crippen LogP contribution < -0.4 is 4.72 Å². The molecule has 0 atom stereocenters. The highest BCUT2D eigenvalue weighted by Gasteiger charge is 2.11. The monoisotopic (exact) mass is 231 g/mol. The van der Waals surface area contributed by atoms with Crippen LogP contribution in [0.3, 0.4) is 0 Å². The molecule has 0 aliphatic heterocycles. The summed E-state index contributed by atoms with van der Waals surface area (Å²) in [6.07, 6.45) is 3.91. The van der Waals surface area contributed by atoms with Crippen molar-refractivity contribution >= 4 is 10.0 Å². The van der Waals surface area contributed by atoms with Crippen molar-refractivity contribution in [3.05, 3.63) is 18.2 Å². The Balaban J connectivity index is 2.31. The zero-order valence-corrected chi connectivity index (χ0v) is 9.84. The molecule has 1 aromatic rings. The van der Waals surface area contributed by atoms with E-state index < -0.39 is 10.0 Å². The lowest BCUT2D eigenvalue weighted by Crippen LogP contribution is -2.30. The summed E-state index contributed by atoms with van der Waals surface area (Å²) in [5.41, 5.74) is 0.933. The molecular weight excluding hydrogens is 214 g/mol. The standard InChI is InChI=1S/C9H17N3O2S/c1-8(2)6-15(13,14)12-4-3-9-5-10-7-11-9/h5,7-8,12H,3-4,6H2,1-2H3,(H,10,11). The van der Waals surface area contributed by atoms with E-state index in [0.29, 0.717) is 13.0 Å². The first-order valence-corrected chi connectivity index (χ1v) is 6.59. The molecule has 2 N–H and O–H groups in total. The SMILES string of the molecule is CC(C)CS(=O)(=O)NCCc1cnc[nH]1. The lowest BCUT2D eigenvalue weighted by molar-refractivity contribution is 0.568. The molecule has 0 aliphatic carbocycles. The van der Waals surface area contributed by atoms with Gasteiger partial charge in [-0.25, -0.2) is 18.1 Å². The maximum absolute atomic E-state index is 11.4.